The number of H-pyrrole nitrogens is 1. The van der Waals surface area contributed by atoms with Crippen LogP contribution in [0.5, 0.6) is 11.6 Å². The molecule has 0 fully saturated rings. The van der Waals surface area contributed by atoms with Crippen LogP contribution in [0.2, 0.25) is 0 Å². The van der Waals surface area contributed by atoms with Gasteiger partial charge in [-0.15, -0.1) is 5.10 Å². The summed E-state index contributed by atoms with van der Waals surface area (Å²) in [6, 6.07) is 4.34. The summed E-state index contributed by atoms with van der Waals surface area (Å²) in [6.45, 7) is 0. The molecule has 3 aromatic heterocycles. The molecule has 0 aliphatic rings. The lowest BCUT2D eigenvalue weighted by Crippen LogP contribution is -2.12. The van der Waals surface area contributed by atoms with Crippen molar-refractivity contribution in [1.82, 2.24) is 24.8 Å². The highest BCUT2D eigenvalue weighted by Crippen LogP contribution is 2.19. The van der Waals surface area contributed by atoms with Gasteiger partial charge in [-0.2, -0.15) is 9.61 Å². The number of fused-ring (bicyclic) bond motifs is 1. The standard InChI is InChI=1S/C11H7N5O4/c17-10(18)6-3-7(5-12-4-6)20-9-2-1-8-13-14-11(19)16(8)15-9/h1-5H,(H,14,19)(H,17,18). The van der Waals surface area contributed by atoms with Crippen molar-refractivity contribution in [3.63, 3.8) is 0 Å². The number of carbonyl (C=O) groups is 1. The summed E-state index contributed by atoms with van der Waals surface area (Å²) in [6.07, 6.45) is 2.54. The summed E-state index contributed by atoms with van der Waals surface area (Å²) in [7, 11) is 0. The third-order valence-corrected chi connectivity index (χ3v) is 2.43. The van der Waals surface area contributed by atoms with Crippen molar-refractivity contribution in [1.29, 1.82) is 0 Å². The van der Waals surface area contributed by atoms with E-state index in [4.69, 9.17) is 9.84 Å². The number of hydrogen-bond donors (Lipinski definition) is 2. The molecule has 3 rings (SSSR count). The number of hydrogen-bond acceptors (Lipinski definition) is 6. The van der Waals surface area contributed by atoms with Crippen molar-refractivity contribution >= 4 is 11.6 Å². The third-order valence-electron chi connectivity index (χ3n) is 2.43. The SMILES string of the molecule is O=C(O)c1cncc(Oc2ccc3n[nH]c(=O)n3n2)c1. The second kappa shape index (κ2) is 4.46. The molecule has 0 atom stereocenters. The van der Waals surface area contributed by atoms with Crippen LogP contribution in [0.1, 0.15) is 10.4 Å². The van der Waals surface area contributed by atoms with Crippen molar-refractivity contribution < 1.29 is 14.6 Å². The molecular weight excluding hydrogens is 266 g/mol. The van der Waals surface area contributed by atoms with E-state index in [0.29, 0.717) is 5.65 Å². The van der Waals surface area contributed by atoms with E-state index >= 15 is 0 Å². The Kier molecular flexibility index (Phi) is 2.64. The number of aromatic amines is 1. The molecule has 0 bridgehead atoms. The second-order valence-corrected chi connectivity index (χ2v) is 3.79. The highest BCUT2D eigenvalue weighted by Gasteiger charge is 2.08. The first-order valence-electron chi connectivity index (χ1n) is 5.44. The number of pyridine rings is 1. The van der Waals surface area contributed by atoms with Gasteiger partial charge in [0.05, 0.1) is 11.8 Å². The lowest BCUT2D eigenvalue weighted by molar-refractivity contribution is 0.0696. The molecule has 0 saturated carbocycles. The van der Waals surface area contributed by atoms with E-state index in [-0.39, 0.29) is 17.2 Å². The zero-order chi connectivity index (χ0) is 14.1. The maximum atomic E-state index is 11.4. The first kappa shape index (κ1) is 11.8. The number of aromatic carboxylic acids is 1. The quantitative estimate of drug-likeness (QED) is 0.703. The maximum Gasteiger partial charge on any atom is 0.364 e. The Balaban J connectivity index is 1.96. The van der Waals surface area contributed by atoms with Gasteiger partial charge >= 0.3 is 11.7 Å². The molecule has 0 unspecified atom stereocenters. The molecule has 0 spiro atoms. The van der Waals surface area contributed by atoms with E-state index in [0.717, 1.165) is 4.52 Å². The van der Waals surface area contributed by atoms with Crippen molar-refractivity contribution in [2.24, 2.45) is 0 Å². The fourth-order valence-electron chi connectivity index (χ4n) is 1.55. The van der Waals surface area contributed by atoms with Crippen LogP contribution >= 0.6 is 0 Å². The number of carboxylic acids is 1. The molecule has 100 valence electrons. The van der Waals surface area contributed by atoms with E-state index in [9.17, 15) is 9.59 Å². The average molecular weight is 273 g/mol. The van der Waals surface area contributed by atoms with Gasteiger partial charge in [0.2, 0.25) is 5.88 Å². The zero-order valence-electron chi connectivity index (χ0n) is 9.85. The summed E-state index contributed by atoms with van der Waals surface area (Å²) in [5, 5.41) is 18.7. The first-order chi connectivity index (χ1) is 9.63. The summed E-state index contributed by atoms with van der Waals surface area (Å²) in [5.41, 5.74) is -0.160. The number of nitrogens with one attached hydrogen (secondary N) is 1. The maximum absolute atomic E-state index is 11.4. The van der Waals surface area contributed by atoms with E-state index in [1.807, 2.05) is 0 Å². The highest BCUT2D eigenvalue weighted by atomic mass is 16.5. The molecule has 2 N–H and O–H groups in total. The molecule has 0 amide bonds. The normalized spacial score (nSPS) is 10.6. The summed E-state index contributed by atoms with van der Waals surface area (Å²) in [5.74, 6) is -0.795. The second-order valence-electron chi connectivity index (χ2n) is 3.79. The Morgan fingerprint density at radius 2 is 2.20 bits per heavy atom. The Morgan fingerprint density at radius 1 is 1.35 bits per heavy atom. The van der Waals surface area contributed by atoms with Gasteiger partial charge in [0, 0.05) is 12.3 Å². The molecule has 20 heavy (non-hydrogen) atoms. The number of ether oxygens (including phenoxy) is 1. The van der Waals surface area contributed by atoms with Crippen molar-refractivity contribution in [3.8, 4) is 11.6 Å². The summed E-state index contributed by atoms with van der Waals surface area (Å²) in [4.78, 5) is 25.9. The van der Waals surface area contributed by atoms with Crippen LogP contribution in [0, 0.1) is 0 Å². The first-order valence-corrected chi connectivity index (χ1v) is 5.44. The molecule has 0 aromatic carbocycles. The molecule has 0 radical (unpaired) electrons. The largest absolute Gasteiger partial charge is 0.478 e. The monoisotopic (exact) mass is 273 g/mol. The average Bonchev–Trinajstić information content (AvgIpc) is 2.81. The van der Waals surface area contributed by atoms with Crippen LogP contribution in [0.3, 0.4) is 0 Å². The Morgan fingerprint density at radius 3 is 3.00 bits per heavy atom. The van der Waals surface area contributed by atoms with Crippen LogP contribution in [0.4, 0.5) is 0 Å². The van der Waals surface area contributed by atoms with Crippen LogP contribution in [0.15, 0.2) is 35.4 Å². The summed E-state index contributed by atoms with van der Waals surface area (Å²) >= 11 is 0. The molecular formula is C11H7N5O4. The van der Waals surface area contributed by atoms with E-state index in [1.165, 1.54) is 30.6 Å². The van der Waals surface area contributed by atoms with Gasteiger partial charge in [-0.3, -0.25) is 4.98 Å². The zero-order valence-corrected chi connectivity index (χ0v) is 9.85. The molecule has 3 aromatic rings. The predicted molar refractivity (Wildman–Crippen MR) is 64.9 cm³/mol. The number of rotatable bonds is 3. The van der Waals surface area contributed by atoms with Crippen molar-refractivity contribution in [2.75, 3.05) is 0 Å². The van der Waals surface area contributed by atoms with Gasteiger partial charge in [0.1, 0.15) is 5.75 Å². The predicted octanol–water partition coefficient (Wildman–Crippen LogP) is 0.303. The molecule has 0 aliphatic carbocycles. The minimum atomic E-state index is -1.11. The highest BCUT2D eigenvalue weighted by molar-refractivity contribution is 5.87. The van der Waals surface area contributed by atoms with Crippen LogP contribution in [0.25, 0.3) is 5.65 Å². The van der Waals surface area contributed by atoms with Crippen LogP contribution in [-0.4, -0.2) is 35.9 Å². The van der Waals surface area contributed by atoms with E-state index in [2.05, 4.69) is 20.3 Å². The minimum Gasteiger partial charge on any atom is -0.478 e. The Hall–Kier alpha value is -3.23. The van der Waals surface area contributed by atoms with Gasteiger partial charge < -0.3 is 9.84 Å². The van der Waals surface area contributed by atoms with E-state index < -0.39 is 11.7 Å². The van der Waals surface area contributed by atoms with Gasteiger partial charge in [-0.1, -0.05) is 0 Å². The molecule has 9 nitrogen and oxygen atoms in total. The van der Waals surface area contributed by atoms with Gasteiger partial charge in [0.25, 0.3) is 0 Å². The molecule has 0 aliphatic heterocycles. The number of nitrogens with zero attached hydrogens (tertiary/aromatic N) is 4. The lowest BCUT2D eigenvalue weighted by Gasteiger charge is -2.04. The molecule has 0 saturated heterocycles. The Bertz CT molecular complexity index is 853. The molecule has 9 heteroatoms. The van der Waals surface area contributed by atoms with Gasteiger partial charge in [-0.25, -0.2) is 14.7 Å². The number of carboxylic acid groups (broad SMARTS) is 1. The van der Waals surface area contributed by atoms with Crippen molar-refractivity contribution in [2.45, 2.75) is 0 Å². The lowest BCUT2D eigenvalue weighted by atomic mass is 10.3. The third kappa shape index (κ3) is 2.07. The molecule has 3 heterocycles. The topological polar surface area (TPSA) is 122 Å². The summed E-state index contributed by atoms with van der Waals surface area (Å²) < 4.78 is 6.39. The minimum absolute atomic E-state index is 0.0101. The van der Waals surface area contributed by atoms with Gasteiger partial charge in [-0.05, 0) is 12.1 Å². The van der Waals surface area contributed by atoms with E-state index in [1.54, 1.807) is 0 Å². The van der Waals surface area contributed by atoms with Crippen LogP contribution in [-0.2, 0) is 0 Å². The Labute approximate surface area is 110 Å². The van der Waals surface area contributed by atoms with Gasteiger partial charge in [0.15, 0.2) is 5.65 Å². The smallest absolute Gasteiger partial charge is 0.364 e. The fourth-order valence-corrected chi connectivity index (χ4v) is 1.55. The van der Waals surface area contributed by atoms with Crippen LogP contribution < -0.4 is 10.4 Å². The number of aromatic nitrogens is 5. The van der Waals surface area contributed by atoms with Crippen molar-refractivity contribution in [3.05, 3.63) is 46.6 Å². The fraction of sp³-hybridized carbons (Fsp3) is 0.